The molecule has 1 aromatic heterocycles. The van der Waals surface area contributed by atoms with Crippen molar-refractivity contribution < 1.29 is 14.3 Å². The fourth-order valence-electron chi connectivity index (χ4n) is 2.33. The van der Waals surface area contributed by atoms with Gasteiger partial charge in [0.1, 0.15) is 11.4 Å². The normalized spacial score (nSPS) is 10.2. The average Bonchev–Trinajstić information content (AvgIpc) is 3.12. The number of amides is 3. The Morgan fingerprint density at radius 3 is 2.54 bits per heavy atom. The minimum atomic E-state index is -0.469. The Hall–Kier alpha value is -3.10. The Bertz CT molecular complexity index is 1000. The van der Waals surface area contributed by atoms with E-state index in [1.54, 1.807) is 35.7 Å². The number of carbonyl (C=O) groups excluding carboxylic acids is 2. The number of nitrogens with one attached hydrogen (secondary N) is 3. The van der Waals surface area contributed by atoms with Crippen LogP contribution >= 0.6 is 22.9 Å². The van der Waals surface area contributed by atoms with E-state index in [-0.39, 0.29) is 5.69 Å². The smallest absolute Gasteiger partial charge is 0.325 e. The molecule has 0 unspecified atom stereocenters. The van der Waals surface area contributed by atoms with Gasteiger partial charge in [0.25, 0.3) is 5.91 Å². The van der Waals surface area contributed by atoms with Crippen LogP contribution in [0.3, 0.4) is 0 Å². The van der Waals surface area contributed by atoms with E-state index in [1.165, 1.54) is 7.11 Å². The number of hydrogen-bond donors (Lipinski definition) is 3. The zero-order valence-corrected chi connectivity index (χ0v) is 16.6. The molecule has 0 aliphatic heterocycles. The Morgan fingerprint density at radius 2 is 1.82 bits per heavy atom. The second-order valence-electron chi connectivity index (χ2n) is 5.78. The lowest BCUT2D eigenvalue weighted by atomic mass is 10.2. The van der Waals surface area contributed by atoms with Crippen LogP contribution in [-0.2, 0) is 0 Å². The van der Waals surface area contributed by atoms with Crippen molar-refractivity contribution in [2.45, 2.75) is 6.92 Å². The monoisotopic (exact) mass is 416 g/mol. The van der Waals surface area contributed by atoms with Gasteiger partial charge in [0.2, 0.25) is 0 Å². The number of thiazole rings is 1. The number of rotatable bonds is 5. The van der Waals surface area contributed by atoms with Gasteiger partial charge in [-0.25, -0.2) is 9.78 Å². The van der Waals surface area contributed by atoms with Crippen LogP contribution in [0.25, 0.3) is 0 Å². The van der Waals surface area contributed by atoms with Gasteiger partial charge in [-0.05, 0) is 48.9 Å². The van der Waals surface area contributed by atoms with Crippen molar-refractivity contribution in [3.8, 4) is 5.75 Å². The third kappa shape index (κ3) is 4.99. The van der Waals surface area contributed by atoms with E-state index in [4.69, 9.17) is 16.3 Å². The number of aromatic nitrogens is 1. The molecule has 3 N–H and O–H groups in total. The van der Waals surface area contributed by atoms with Crippen molar-refractivity contribution in [1.82, 2.24) is 4.98 Å². The number of methoxy groups -OCH3 is 1. The van der Waals surface area contributed by atoms with E-state index < -0.39 is 11.9 Å². The molecule has 0 aliphatic carbocycles. The maximum absolute atomic E-state index is 12.5. The molecule has 0 aliphatic rings. The van der Waals surface area contributed by atoms with E-state index in [0.29, 0.717) is 27.3 Å². The largest absolute Gasteiger partial charge is 0.495 e. The van der Waals surface area contributed by atoms with Gasteiger partial charge in [-0.2, -0.15) is 0 Å². The molecule has 7 nitrogen and oxygen atoms in total. The van der Waals surface area contributed by atoms with Crippen LogP contribution in [0.5, 0.6) is 5.75 Å². The Morgan fingerprint density at radius 1 is 1.07 bits per heavy atom. The lowest BCUT2D eigenvalue weighted by molar-refractivity contribution is 0.102. The molecule has 0 fully saturated rings. The molecule has 0 bridgehead atoms. The molecule has 1 heterocycles. The minimum Gasteiger partial charge on any atom is -0.495 e. The number of aryl methyl sites for hydroxylation is 1. The molecule has 9 heteroatoms. The average molecular weight is 417 g/mol. The molecule has 28 heavy (non-hydrogen) atoms. The lowest BCUT2D eigenvalue weighted by Crippen LogP contribution is -2.19. The first kappa shape index (κ1) is 19.7. The number of anilines is 3. The van der Waals surface area contributed by atoms with Crippen LogP contribution in [0.2, 0.25) is 5.02 Å². The van der Waals surface area contributed by atoms with Crippen molar-refractivity contribution in [3.05, 3.63) is 64.1 Å². The summed E-state index contributed by atoms with van der Waals surface area (Å²) >= 11 is 6.96. The summed E-state index contributed by atoms with van der Waals surface area (Å²) in [5.74, 6) is 0.154. The van der Waals surface area contributed by atoms with Crippen LogP contribution in [0.4, 0.5) is 21.3 Å². The molecule has 0 atom stereocenters. The highest BCUT2D eigenvalue weighted by Gasteiger charge is 2.15. The van der Waals surface area contributed by atoms with Crippen LogP contribution in [0.15, 0.2) is 47.8 Å². The Balaban J connectivity index is 1.63. The molecule has 0 saturated carbocycles. The zero-order chi connectivity index (χ0) is 20.1. The summed E-state index contributed by atoms with van der Waals surface area (Å²) in [6.45, 7) is 1.92. The van der Waals surface area contributed by atoms with E-state index in [9.17, 15) is 9.59 Å². The molecule has 0 saturated heterocycles. The molecule has 3 rings (SSSR count). The fourth-order valence-corrected chi connectivity index (χ4v) is 3.15. The summed E-state index contributed by atoms with van der Waals surface area (Å²) in [4.78, 5) is 28.7. The molecule has 144 valence electrons. The Labute approximate surface area is 170 Å². The summed E-state index contributed by atoms with van der Waals surface area (Å²) in [6, 6.07) is 11.7. The molecule has 0 radical (unpaired) electrons. The molecule has 3 aromatic rings. The van der Waals surface area contributed by atoms with Gasteiger partial charge in [0.15, 0.2) is 5.13 Å². The Kier molecular flexibility index (Phi) is 6.13. The first-order valence-electron chi connectivity index (χ1n) is 8.19. The highest BCUT2D eigenvalue weighted by Crippen LogP contribution is 2.26. The lowest BCUT2D eigenvalue weighted by Gasteiger charge is -2.10. The topological polar surface area (TPSA) is 92.4 Å². The summed E-state index contributed by atoms with van der Waals surface area (Å²) in [6.07, 6.45) is 0. The third-order valence-electron chi connectivity index (χ3n) is 3.66. The fraction of sp³-hybridized carbons (Fsp3) is 0.105. The molecule has 0 spiro atoms. The first-order valence-corrected chi connectivity index (χ1v) is 9.45. The number of ether oxygens (including phenoxy) is 1. The number of nitrogens with zero attached hydrogens (tertiary/aromatic N) is 1. The summed E-state index contributed by atoms with van der Waals surface area (Å²) in [7, 11) is 1.53. The quantitative estimate of drug-likeness (QED) is 0.545. The number of urea groups is 1. The van der Waals surface area contributed by atoms with E-state index in [1.807, 2.05) is 19.1 Å². The van der Waals surface area contributed by atoms with E-state index in [0.717, 1.165) is 16.9 Å². The van der Waals surface area contributed by atoms with Gasteiger partial charge in [-0.3, -0.25) is 10.1 Å². The highest BCUT2D eigenvalue weighted by atomic mass is 35.5. The molecular formula is C19H17ClN4O3S. The maximum Gasteiger partial charge on any atom is 0.325 e. The van der Waals surface area contributed by atoms with Crippen molar-refractivity contribution in [2.24, 2.45) is 0 Å². The van der Waals surface area contributed by atoms with E-state index >= 15 is 0 Å². The van der Waals surface area contributed by atoms with Gasteiger partial charge in [-0.15, -0.1) is 11.3 Å². The zero-order valence-electron chi connectivity index (χ0n) is 15.1. The van der Waals surface area contributed by atoms with Crippen molar-refractivity contribution in [3.63, 3.8) is 0 Å². The van der Waals surface area contributed by atoms with Crippen molar-refractivity contribution in [2.75, 3.05) is 23.1 Å². The predicted octanol–water partition coefficient (Wildman–Crippen LogP) is 5.01. The summed E-state index contributed by atoms with van der Waals surface area (Å²) in [5, 5.41) is 10.5. The molecular weight excluding hydrogens is 400 g/mol. The maximum atomic E-state index is 12.5. The number of hydrogen-bond acceptors (Lipinski definition) is 5. The van der Waals surface area contributed by atoms with Gasteiger partial charge in [0.05, 0.1) is 12.8 Å². The van der Waals surface area contributed by atoms with Gasteiger partial charge in [-0.1, -0.05) is 17.7 Å². The molecule has 3 amide bonds. The van der Waals surface area contributed by atoms with Crippen LogP contribution in [0.1, 0.15) is 16.1 Å². The van der Waals surface area contributed by atoms with Crippen LogP contribution < -0.4 is 20.7 Å². The van der Waals surface area contributed by atoms with Crippen molar-refractivity contribution in [1.29, 1.82) is 0 Å². The van der Waals surface area contributed by atoms with E-state index in [2.05, 4.69) is 20.9 Å². The standard InChI is InChI=1S/C19H17ClN4O3S/c1-11-3-8-16(27-2)14(9-11)22-17(25)15-10-28-19(23-15)24-18(26)21-13-6-4-12(20)5-7-13/h3-10H,1-2H3,(H,22,25)(H2,21,23,24,26). The molecule has 2 aromatic carbocycles. The second kappa shape index (κ2) is 8.73. The summed E-state index contributed by atoms with van der Waals surface area (Å²) < 4.78 is 5.25. The SMILES string of the molecule is COc1ccc(C)cc1NC(=O)c1csc(NC(=O)Nc2ccc(Cl)cc2)n1. The summed E-state index contributed by atoms with van der Waals surface area (Å²) in [5.41, 5.74) is 2.31. The third-order valence-corrected chi connectivity index (χ3v) is 4.67. The minimum absolute atomic E-state index is 0.190. The first-order chi connectivity index (χ1) is 13.4. The number of carbonyl (C=O) groups is 2. The van der Waals surface area contributed by atoms with Crippen LogP contribution in [0, 0.1) is 6.92 Å². The predicted molar refractivity (Wildman–Crippen MR) is 112 cm³/mol. The van der Waals surface area contributed by atoms with Gasteiger partial charge in [0, 0.05) is 16.1 Å². The van der Waals surface area contributed by atoms with Gasteiger partial charge < -0.3 is 15.4 Å². The van der Waals surface area contributed by atoms with Crippen LogP contribution in [-0.4, -0.2) is 24.0 Å². The second-order valence-corrected chi connectivity index (χ2v) is 7.08. The number of halogens is 1. The number of benzene rings is 2. The van der Waals surface area contributed by atoms with Gasteiger partial charge >= 0.3 is 6.03 Å². The van der Waals surface area contributed by atoms with Crippen molar-refractivity contribution >= 4 is 51.4 Å². The highest BCUT2D eigenvalue weighted by molar-refractivity contribution is 7.14.